The zero-order valence-electron chi connectivity index (χ0n) is 8.22. The van der Waals surface area contributed by atoms with Crippen molar-refractivity contribution in [3.8, 4) is 12.5 Å². The molecule has 1 heterocycles. The summed E-state index contributed by atoms with van der Waals surface area (Å²) in [6.45, 7) is 0.373. The maximum atomic E-state index is 11.2. The third kappa shape index (κ3) is 1.94. The summed E-state index contributed by atoms with van der Waals surface area (Å²) in [5, 5.41) is 0. The Balaban J connectivity index is 2.08. The lowest BCUT2D eigenvalue weighted by Gasteiger charge is -2.13. The molecule has 2 rings (SSSR count). The summed E-state index contributed by atoms with van der Waals surface area (Å²) < 4.78 is 4.89. The minimum atomic E-state index is -0.418. The smallest absolute Gasteiger partial charge is 0.422 e. The van der Waals surface area contributed by atoms with Crippen molar-refractivity contribution in [1.29, 1.82) is 0 Å². The van der Waals surface area contributed by atoms with Crippen molar-refractivity contribution in [2.75, 3.05) is 6.61 Å². The van der Waals surface area contributed by atoms with Crippen molar-refractivity contribution in [1.82, 2.24) is 4.90 Å². The van der Waals surface area contributed by atoms with Crippen LogP contribution in [0.2, 0.25) is 0 Å². The van der Waals surface area contributed by atoms with E-state index in [1.165, 1.54) is 4.90 Å². The summed E-state index contributed by atoms with van der Waals surface area (Å²) in [6.07, 6.45) is 5.56. The molecule has 1 atom stereocenters. The van der Waals surface area contributed by atoms with E-state index in [1.54, 1.807) is 0 Å². The molecule has 76 valence electrons. The lowest BCUT2D eigenvalue weighted by Crippen LogP contribution is -2.30. The third-order valence-corrected chi connectivity index (χ3v) is 2.41. The molecule has 0 spiro atoms. The number of nitrogens with zero attached hydrogens (tertiary/aromatic N) is 1. The molecule has 1 aromatic rings. The summed E-state index contributed by atoms with van der Waals surface area (Å²) in [5.74, 6) is 0. The third-order valence-electron chi connectivity index (χ3n) is 2.41. The highest BCUT2D eigenvalue weighted by Crippen LogP contribution is 2.15. The largest absolute Gasteiger partial charge is 0.446 e. The number of ether oxygens (including phenoxy) is 1. The van der Waals surface area contributed by atoms with Gasteiger partial charge in [-0.1, -0.05) is 36.8 Å². The highest BCUT2D eigenvalue weighted by Gasteiger charge is 2.31. The van der Waals surface area contributed by atoms with Crippen LogP contribution in [0.5, 0.6) is 0 Å². The lowest BCUT2D eigenvalue weighted by molar-refractivity contribution is 0.167. The molecule has 0 saturated carbocycles. The van der Waals surface area contributed by atoms with Gasteiger partial charge in [0.15, 0.2) is 0 Å². The van der Waals surface area contributed by atoms with Gasteiger partial charge in [0.1, 0.15) is 6.61 Å². The van der Waals surface area contributed by atoms with Crippen molar-refractivity contribution in [3.05, 3.63) is 35.9 Å². The van der Waals surface area contributed by atoms with Crippen LogP contribution >= 0.6 is 0 Å². The summed E-state index contributed by atoms with van der Waals surface area (Å²) in [5.41, 5.74) is 1.15. The number of hydrogen-bond acceptors (Lipinski definition) is 2. The topological polar surface area (TPSA) is 29.5 Å². The molecule has 1 fully saturated rings. The van der Waals surface area contributed by atoms with E-state index in [0.29, 0.717) is 6.61 Å². The first-order valence-electron chi connectivity index (χ1n) is 4.77. The Hall–Kier alpha value is -1.95. The Morgan fingerprint density at radius 3 is 2.87 bits per heavy atom. The van der Waals surface area contributed by atoms with Gasteiger partial charge >= 0.3 is 6.09 Å². The summed E-state index contributed by atoms with van der Waals surface area (Å²) >= 11 is 0. The van der Waals surface area contributed by atoms with Crippen LogP contribution < -0.4 is 0 Å². The second-order valence-electron chi connectivity index (χ2n) is 3.42. The van der Waals surface area contributed by atoms with E-state index in [4.69, 9.17) is 11.2 Å². The number of hydrogen-bond donors (Lipinski definition) is 0. The van der Waals surface area contributed by atoms with Gasteiger partial charge in [-0.2, -0.15) is 0 Å². The number of amides is 1. The van der Waals surface area contributed by atoms with Crippen molar-refractivity contribution >= 4 is 6.09 Å². The Bertz CT molecular complexity index is 394. The number of cyclic esters (lactones) is 1. The fourth-order valence-corrected chi connectivity index (χ4v) is 1.66. The number of benzene rings is 1. The molecule has 1 unspecified atom stereocenters. The van der Waals surface area contributed by atoms with Gasteiger partial charge in [-0.15, -0.1) is 0 Å². The Morgan fingerprint density at radius 2 is 2.20 bits per heavy atom. The van der Waals surface area contributed by atoms with E-state index in [0.717, 1.165) is 12.0 Å². The highest BCUT2D eigenvalue weighted by atomic mass is 16.6. The molecule has 1 aliphatic rings. The molecule has 1 aromatic carbocycles. The van der Waals surface area contributed by atoms with E-state index < -0.39 is 6.09 Å². The first-order valence-corrected chi connectivity index (χ1v) is 4.77. The van der Waals surface area contributed by atoms with Crippen molar-refractivity contribution in [3.63, 3.8) is 0 Å². The SMILES string of the molecule is C#CN1C(=O)OCC1Cc1ccccc1. The van der Waals surface area contributed by atoms with Crippen LogP contribution in [0.25, 0.3) is 0 Å². The minimum absolute atomic E-state index is 0.0371. The normalized spacial score (nSPS) is 19.8. The molecule has 0 aliphatic carbocycles. The van der Waals surface area contributed by atoms with Gasteiger partial charge in [0.25, 0.3) is 0 Å². The molecule has 1 amide bonds. The summed E-state index contributed by atoms with van der Waals surface area (Å²) in [6, 6.07) is 12.2. The van der Waals surface area contributed by atoms with Crippen molar-refractivity contribution in [2.45, 2.75) is 12.5 Å². The maximum absolute atomic E-state index is 11.2. The molecule has 0 bridgehead atoms. The summed E-state index contributed by atoms with van der Waals surface area (Å²) in [4.78, 5) is 12.5. The first-order chi connectivity index (χ1) is 7.31. The van der Waals surface area contributed by atoms with Crippen LogP contribution in [0.4, 0.5) is 4.79 Å². The highest BCUT2D eigenvalue weighted by molar-refractivity contribution is 5.72. The second-order valence-corrected chi connectivity index (χ2v) is 3.42. The maximum Gasteiger partial charge on any atom is 0.422 e. The molecule has 1 aliphatic heterocycles. The molecule has 3 heteroatoms. The lowest BCUT2D eigenvalue weighted by atomic mass is 10.1. The first kappa shape index (κ1) is 9.60. The fraction of sp³-hybridized carbons (Fsp3) is 0.250. The standard InChI is InChI=1S/C12H11NO2/c1-2-13-11(9-15-12(13)14)8-10-6-4-3-5-7-10/h1,3-7,11H,8-9H2. The predicted molar refractivity (Wildman–Crippen MR) is 56.0 cm³/mol. The van der Waals surface area contributed by atoms with Gasteiger partial charge in [0, 0.05) is 6.04 Å². The monoisotopic (exact) mass is 201 g/mol. The fourth-order valence-electron chi connectivity index (χ4n) is 1.66. The molecule has 3 nitrogen and oxygen atoms in total. The van der Waals surface area contributed by atoms with Crippen LogP contribution in [0, 0.1) is 12.5 Å². The number of terminal acetylenes is 1. The van der Waals surface area contributed by atoms with Crippen LogP contribution in [-0.2, 0) is 11.2 Å². The molecule has 0 N–H and O–H groups in total. The number of carbonyl (C=O) groups excluding carboxylic acids is 1. The van der Waals surface area contributed by atoms with Crippen molar-refractivity contribution < 1.29 is 9.53 Å². The van der Waals surface area contributed by atoms with Gasteiger partial charge < -0.3 is 4.74 Å². The Kier molecular flexibility index (Phi) is 2.59. The number of rotatable bonds is 2. The van der Waals surface area contributed by atoms with Crippen LogP contribution in [0.3, 0.4) is 0 Å². The van der Waals surface area contributed by atoms with E-state index in [9.17, 15) is 4.79 Å². The average molecular weight is 201 g/mol. The second kappa shape index (κ2) is 4.05. The van der Waals surface area contributed by atoms with Gasteiger partial charge in [0.05, 0.1) is 6.04 Å². The van der Waals surface area contributed by atoms with Crippen LogP contribution in [0.15, 0.2) is 30.3 Å². The Labute approximate surface area is 88.6 Å². The van der Waals surface area contributed by atoms with E-state index in [1.807, 2.05) is 30.3 Å². The average Bonchev–Trinajstić information content (AvgIpc) is 2.61. The van der Waals surface area contributed by atoms with Gasteiger partial charge in [-0.25, -0.2) is 9.69 Å². The zero-order chi connectivity index (χ0) is 10.7. The van der Waals surface area contributed by atoms with Gasteiger partial charge in [-0.05, 0) is 12.0 Å². The van der Waals surface area contributed by atoms with Crippen LogP contribution in [-0.4, -0.2) is 23.6 Å². The molecular weight excluding hydrogens is 190 g/mol. The van der Waals surface area contributed by atoms with Crippen LogP contribution in [0.1, 0.15) is 5.56 Å². The van der Waals surface area contributed by atoms with E-state index in [2.05, 4.69) is 6.04 Å². The number of carbonyl (C=O) groups is 1. The van der Waals surface area contributed by atoms with Gasteiger partial charge in [-0.3, -0.25) is 0 Å². The van der Waals surface area contributed by atoms with Gasteiger partial charge in [0.2, 0.25) is 0 Å². The molecule has 0 aromatic heterocycles. The quantitative estimate of drug-likeness (QED) is 0.681. The van der Waals surface area contributed by atoms with E-state index in [-0.39, 0.29) is 6.04 Å². The molecular formula is C12H11NO2. The minimum Gasteiger partial charge on any atom is -0.446 e. The van der Waals surface area contributed by atoms with E-state index >= 15 is 0 Å². The molecule has 0 radical (unpaired) electrons. The molecule has 1 saturated heterocycles. The Morgan fingerprint density at radius 1 is 1.47 bits per heavy atom. The van der Waals surface area contributed by atoms with Crippen molar-refractivity contribution in [2.24, 2.45) is 0 Å². The zero-order valence-corrected chi connectivity index (χ0v) is 8.22. The molecule has 15 heavy (non-hydrogen) atoms. The predicted octanol–water partition coefficient (Wildman–Crippen LogP) is 1.64. The summed E-state index contributed by atoms with van der Waals surface area (Å²) in [7, 11) is 0.